The standard InChI is InChI=1S/C19H16FN3O2S/c20-15-8-13(7-14(10-24)18(15)25)16-11-26-19(22-16)12-3-4-17(21-9-12)23-5-1-2-6-23/h3-4,7-11,25H,1-2,5-6H2. The normalized spacial score (nSPS) is 14.0. The maximum Gasteiger partial charge on any atom is 0.166 e. The van der Waals surface area contributed by atoms with Crippen molar-refractivity contribution in [3.63, 3.8) is 0 Å². The van der Waals surface area contributed by atoms with Gasteiger partial charge < -0.3 is 10.0 Å². The number of hydrogen-bond donors (Lipinski definition) is 1. The van der Waals surface area contributed by atoms with Crippen LogP contribution in [0, 0.1) is 5.82 Å². The molecule has 0 atom stereocenters. The van der Waals surface area contributed by atoms with Gasteiger partial charge in [-0.1, -0.05) is 0 Å². The van der Waals surface area contributed by atoms with Crippen LogP contribution in [0.25, 0.3) is 21.8 Å². The lowest BCUT2D eigenvalue weighted by atomic mass is 10.1. The quantitative estimate of drug-likeness (QED) is 0.701. The van der Waals surface area contributed by atoms with Gasteiger partial charge in [0.25, 0.3) is 0 Å². The molecule has 1 N–H and O–H groups in total. The van der Waals surface area contributed by atoms with E-state index in [1.807, 2.05) is 12.1 Å². The van der Waals surface area contributed by atoms with E-state index in [-0.39, 0.29) is 5.56 Å². The number of benzene rings is 1. The molecule has 0 aliphatic carbocycles. The van der Waals surface area contributed by atoms with Crippen LogP contribution in [0.15, 0.2) is 35.8 Å². The van der Waals surface area contributed by atoms with Gasteiger partial charge in [-0.25, -0.2) is 14.4 Å². The molecule has 0 unspecified atom stereocenters. The highest BCUT2D eigenvalue weighted by Gasteiger charge is 2.15. The number of anilines is 1. The van der Waals surface area contributed by atoms with Crippen LogP contribution in [-0.4, -0.2) is 34.5 Å². The monoisotopic (exact) mass is 369 g/mol. The summed E-state index contributed by atoms with van der Waals surface area (Å²) in [4.78, 5) is 22.3. The van der Waals surface area contributed by atoms with Crippen molar-refractivity contribution in [2.45, 2.75) is 12.8 Å². The molecular formula is C19H16FN3O2S. The molecule has 4 rings (SSSR count). The van der Waals surface area contributed by atoms with E-state index in [0.29, 0.717) is 17.5 Å². The van der Waals surface area contributed by atoms with Crippen molar-refractivity contribution < 1.29 is 14.3 Å². The number of carbonyl (C=O) groups is 1. The number of phenolic OH excluding ortho intramolecular Hbond substituents is 1. The van der Waals surface area contributed by atoms with Crippen molar-refractivity contribution in [3.8, 4) is 27.6 Å². The molecule has 1 aromatic carbocycles. The summed E-state index contributed by atoms with van der Waals surface area (Å²) >= 11 is 1.42. The van der Waals surface area contributed by atoms with Gasteiger partial charge in [-0.15, -0.1) is 11.3 Å². The summed E-state index contributed by atoms with van der Waals surface area (Å²) in [6, 6.07) is 6.58. The minimum atomic E-state index is -0.837. The van der Waals surface area contributed by atoms with Gasteiger partial charge in [0, 0.05) is 35.8 Å². The Bertz CT molecular complexity index is 950. The largest absolute Gasteiger partial charge is 0.504 e. The molecule has 1 aliphatic rings. The molecule has 2 aromatic heterocycles. The van der Waals surface area contributed by atoms with Gasteiger partial charge in [0.1, 0.15) is 10.8 Å². The third-order valence-electron chi connectivity index (χ3n) is 4.44. The molecule has 132 valence electrons. The molecule has 1 aliphatic heterocycles. The van der Waals surface area contributed by atoms with Crippen molar-refractivity contribution in [3.05, 3.63) is 47.2 Å². The predicted molar refractivity (Wildman–Crippen MR) is 99.2 cm³/mol. The first kappa shape index (κ1) is 16.7. The number of thiazole rings is 1. The van der Waals surface area contributed by atoms with Crippen LogP contribution in [0.1, 0.15) is 23.2 Å². The molecule has 1 fully saturated rings. The molecule has 5 nitrogen and oxygen atoms in total. The number of rotatable bonds is 4. The lowest BCUT2D eigenvalue weighted by Crippen LogP contribution is -2.18. The van der Waals surface area contributed by atoms with Crippen molar-refractivity contribution in [1.82, 2.24) is 9.97 Å². The van der Waals surface area contributed by atoms with Gasteiger partial charge >= 0.3 is 0 Å². The van der Waals surface area contributed by atoms with Crippen molar-refractivity contribution in [2.75, 3.05) is 18.0 Å². The lowest BCUT2D eigenvalue weighted by molar-refractivity contribution is 0.112. The van der Waals surface area contributed by atoms with E-state index in [1.54, 1.807) is 11.6 Å². The number of carbonyl (C=O) groups excluding carboxylic acids is 1. The molecule has 0 radical (unpaired) electrons. The van der Waals surface area contributed by atoms with E-state index in [9.17, 15) is 14.3 Å². The number of pyridine rings is 1. The zero-order chi connectivity index (χ0) is 18.1. The second-order valence-corrected chi connectivity index (χ2v) is 7.01. The molecule has 0 spiro atoms. The Morgan fingerprint density at radius 1 is 1.19 bits per heavy atom. The Hall–Kier alpha value is -2.80. The van der Waals surface area contributed by atoms with Crippen LogP contribution in [0.4, 0.5) is 10.2 Å². The van der Waals surface area contributed by atoms with E-state index in [2.05, 4.69) is 14.9 Å². The summed E-state index contributed by atoms with van der Waals surface area (Å²) in [6.45, 7) is 2.08. The van der Waals surface area contributed by atoms with Crippen LogP contribution in [0.2, 0.25) is 0 Å². The molecule has 3 heterocycles. The molecule has 3 aromatic rings. The lowest BCUT2D eigenvalue weighted by Gasteiger charge is -2.15. The zero-order valence-corrected chi connectivity index (χ0v) is 14.7. The predicted octanol–water partition coefficient (Wildman–Crippen LogP) is 4.13. The molecular weight excluding hydrogens is 353 g/mol. The maximum atomic E-state index is 13.8. The van der Waals surface area contributed by atoms with Crippen LogP contribution < -0.4 is 4.90 Å². The fourth-order valence-corrected chi connectivity index (χ4v) is 3.86. The molecule has 1 saturated heterocycles. The van der Waals surface area contributed by atoms with E-state index < -0.39 is 11.6 Å². The smallest absolute Gasteiger partial charge is 0.166 e. The number of aromatic hydroxyl groups is 1. The zero-order valence-electron chi connectivity index (χ0n) is 13.9. The first-order valence-electron chi connectivity index (χ1n) is 8.30. The third-order valence-corrected chi connectivity index (χ3v) is 5.34. The fourth-order valence-electron chi connectivity index (χ4n) is 3.04. The minimum absolute atomic E-state index is 0.0915. The Kier molecular flexibility index (Phi) is 4.38. The average molecular weight is 369 g/mol. The highest BCUT2D eigenvalue weighted by molar-refractivity contribution is 7.13. The van der Waals surface area contributed by atoms with E-state index in [1.165, 1.54) is 36.3 Å². The third kappa shape index (κ3) is 3.06. The van der Waals surface area contributed by atoms with Crippen LogP contribution in [-0.2, 0) is 0 Å². The summed E-state index contributed by atoms with van der Waals surface area (Å²) in [5.41, 5.74) is 1.80. The van der Waals surface area contributed by atoms with E-state index in [4.69, 9.17) is 0 Å². The second-order valence-electron chi connectivity index (χ2n) is 6.15. The van der Waals surface area contributed by atoms with Crippen LogP contribution >= 0.6 is 11.3 Å². The molecule has 0 amide bonds. The van der Waals surface area contributed by atoms with Gasteiger partial charge in [0.05, 0.1) is 11.3 Å². The highest BCUT2D eigenvalue weighted by atomic mass is 32.1. The first-order valence-corrected chi connectivity index (χ1v) is 9.18. The van der Waals surface area contributed by atoms with E-state index >= 15 is 0 Å². The van der Waals surface area contributed by atoms with Gasteiger partial charge in [0.15, 0.2) is 17.9 Å². The SMILES string of the molecule is O=Cc1cc(-c2csc(-c3ccc(N4CCCC4)nc3)n2)cc(F)c1O. The number of aldehydes is 1. The van der Waals surface area contributed by atoms with Gasteiger partial charge in [-0.3, -0.25) is 4.79 Å². The number of aromatic nitrogens is 2. The van der Waals surface area contributed by atoms with Crippen molar-refractivity contribution in [2.24, 2.45) is 0 Å². The van der Waals surface area contributed by atoms with Crippen molar-refractivity contribution in [1.29, 1.82) is 0 Å². The summed E-state index contributed by atoms with van der Waals surface area (Å²) in [7, 11) is 0. The molecule has 0 bridgehead atoms. The summed E-state index contributed by atoms with van der Waals surface area (Å²) in [6.07, 6.45) is 4.62. The second kappa shape index (κ2) is 6.84. The molecule has 0 saturated carbocycles. The van der Waals surface area contributed by atoms with Gasteiger partial charge in [-0.2, -0.15) is 0 Å². The Balaban J connectivity index is 1.62. The van der Waals surface area contributed by atoms with Crippen LogP contribution in [0.5, 0.6) is 5.75 Å². The number of hydrogen-bond acceptors (Lipinski definition) is 6. The van der Waals surface area contributed by atoms with Crippen LogP contribution in [0.3, 0.4) is 0 Å². The summed E-state index contributed by atoms with van der Waals surface area (Å²) < 4.78 is 13.8. The van der Waals surface area contributed by atoms with E-state index in [0.717, 1.165) is 29.5 Å². The Morgan fingerprint density at radius 2 is 2.00 bits per heavy atom. The first-order chi connectivity index (χ1) is 12.7. The fraction of sp³-hybridized carbons (Fsp3) is 0.211. The van der Waals surface area contributed by atoms with Gasteiger partial charge in [-0.05, 0) is 37.1 Å². The molecule has 7 heteroatoms. The Morgan fingerprint density at radius 3 is 2.69 bits per heavy atom. The number of nitrogens with zero attached hydrogens (tertiary/aromatic N) is 3. The minimum Gasteiger partial charge on any atom is -0.504 e. The number of halogens is 1. The Labute approximate surface area is 153 Å². The number of phenols is 1. The molecule has 26 heavy (non-hydrogen) atoms. The maximum absolute atomic E-state index is 13.8. The topological polar surface area (TPSA) is 66.3 Å². The van der Waals surface area contributed by atoms with Crippen molar-refractivity contribution >= 4 is 23.4 Å². The highest BCUT2D eigenvalue weighted by Crippen LogP contribution is 2.32. The summed E-state index contributed by atoms with van der Waals surface area (Å²) in [5.74, 6) is -0.504. The summed E-state index contributed by atoms with van der Waals surface area (Å²) in [5, 5.41) is 12.1. The van der Waals surface area contributed by atoms with Gasteiger partial charge in [0.2, 0.25) is 0 Å². The average Bonchev–Trinajstić information content (AvgIpc) is 3.36.